The molecule has 0 radical (unpaired) electrons. The molecule has 0 amide bonds. The Morgan fingerprint density at radius 2 is 2.12 bits per heavy atom. The largest absolute Gasteiger partial charge is 0.478 e. The van der Waals surface area contributed by atoms with Crippen LogP contribution in [-0.2, 0) is 0 Å². The van der Waals surface area contributed by atoms with Gasteiger partial charge in [0.15, 0.2) is 0 Å². The standard InChI is InChI=1S/C13H19NO2/c1-4-12(9(2)3)14-11-7-5-6-10(8-11)13(15)16/h5-9,12,14H,4H2,1-3H3,(H,15,16). The van der Waals surface area contributed by atoms with Crippen LogP contribution in [0.4, 0.5) is 5.69 Å². The third kappa shape index (κ3) is 3.26. The third-order valence-electron chi connectivity index (χ3n) is 2.71. The van der Waals surface area contributed by atoms with Crippen LogP contribution in [0.15, 0.2) is 24.3 Å². The molecule has 0 fully saturated rings. The minimum Gasteiger partial charge on any atom is -0.478 e. The number of carboxylic acids is 1. The number of hydrogen-bond acceptors (Lipinski definition) is 2. The first kappa shape index (κ1) is 12.6. The van der Waals surface area contributed by atoms with Crippen LogP contribution in [0.5, 0.6) is 0 Å². The first-order valence-corrected chi connectivity index (χ1v) is 5.64. The molecule has 0 aromatic heterocycles. The summed E-state index contributed by atoms with van der Waals surface area (Å²) in [5.41, 5.74) is 1.20. The third-order valence-corrected chi connectivity index (χ3v) is 2.71. The zero-order valence-corrected chi connectivity index (χ0v) is 10.0. The normalized spacial score (nSPS) is 12.5. The number of nitrogens with one attached hydrogen (secondary N) is 1. The Balaban J connectivity index is 2.80. The Morgan fingerprint density at radius 1 is 1.44 bits per heavy atom. The fourth-order valence-electron chi connectivity index (χ4n) is 1.70. The van der Waals surface area contributed by atoms with Gasteiger partial charge in [-0.3, -0.25) is 0 Å². The van der Waals surface area contributed by atoms with Crippen LogP contribution >= 0.6 is 0 Å². The number of aromatic carboxylic acids is 1. The van der Waals surface area contributed by atoms with E-state index in [4.69, 9.17) is 5.11 Å². The lowest BCUT2D eigenvalue weighted by Gasteiger charge is -2.22. The maximum atomic E-state index is 10.8. The van der Waals surface area contributed by atoms with E-state index in [0.717, 1.165) is 12.1 Å². The lowest BCUT2D eigenvalue weighted by Crippen LogP contribution is -2.24. The van der Waals surface area contributed by atoms with Gasteiger partial charge in [-0.15, -0.1) is 0 Å². The van der Waals surface area contributed by atoms with Crippen molar-refractivity contribution in [2.45, 2.75) is 33.2 Å². The predicted molar refractivity (Wildman–Crippen MR) is 65.9 cm³/mol. The van der Waals surface area contributed by atoms with E-state index in [1.165, 1.54) is 0 Å². The molecule has 1 atom stereocenters. The van der Waals surface area contributed by atoms with E-state index in [0.29, 0.717) is 17.5 Å². The van der Waals surface area contributed by atoms with Crippen LogP contribution in [0.2, 0.25) is 0 Å². The van der Waals surface area contributed by atoms with Crippen molar-refractivity contribution in [3.63, 3.8) is 0 Å². The SMILES string of the molecule is CCC(Nc1cccc(C(=O)O)c1)C(C)C. The second-order valence-corrected chi connectivity index (χ2v) is 4.29. The Labute approximate surface area is 96.5 Å². The molecular weight excluding hydrogens is 202 g/mol. The second kappa shape index (κ2) is 5.54. The van der Waals surface area contributed by atoms with Gasteiger partial charge in [0.2, 0.25) is 0 Å². The molecule has 3 heteroatoms. The van der Waals surface area contributed by atoms with Crippen molar-refractivity contribution >= 4 is 11.7 Å². The Hall–Kier alpha value is -1.51. The Morgan fingerprint density at radius 3 is 2.62 bits per heavy atom. The quantitative estimate of drug-likeness (QED) is 0.802. The summed E-state index contributed by atoms with van der Waals surface area (Å²) in [6.45, 7) is 6.43. The number of hydrogen-bond donors (Lipinski definition) is 2. The van der Waals surface area contributed by atoms with Gasteiger partial charge in [-0.1, -0.05) is 26.8 Å². The lowest BCUT2D eigenvalue weighted by atomic mass is 10.0. The summed E-state index contributed by atoms with van der Waals surface area (Å²) < 4.78 is 0. The number of benzene rings is 1. The van der Waals surface area contributed by atoms with E-state index < -0.39 is 5.97 Å². The van der Waals surface area contributed by atoms with Gasteiger partial charge < -0.3 is 10.4 Å². The van der Waals surface area contributed by atoms with Crippen LogP contribution in [0, 0.1) is 5.92 Å². The smallest absolute Gasteiger partial charge is 0.335 e. The fraction of sp³-hybridized carbons (Fsp3) is 0.462. The monoisotopic (exact) mass is 221 g/mol. The second-order valence-electron chi connectivity index (χ2n) is 4.29. The van der Waals surface area contributed by atoms with E-state index in [2.05, 4.69) is 26.1 Å². The summed E-state index contributed by atoms with van der Waals surface area (Å²) in [7, 11) is 0. The summed E-state index contributed by atoms with van der Waals surface area (Å²) in [6.07, 6.45) is 1.02. The van der Waals surface area contributed by atoms with Crippen LogP contribution in [0.25, 0.3) is 0 Å². The summed E-state index contributed by atoms with van der Waals surface area (Å²) in [5, 5.41) is 12.2. The van der Waals surface area contributed by atoms with E-state index in [1.54, 1.807) is 18.2 Å². The van der Waals surface area contributed by atoms with Crippen molar-refractivity contribution in [1.82, 2.24) is 0 Å². The highest BCUT2D eigenvalue weighted by molar-refractivity contribution is 5.88. The van der Waals surface area contributed by atoms with E-state index in [9.17, 15) is 4.79 Å². The van der Waals surface area contributed by atoms with Gasteiger partial charge in [0.1, 0.15) is 0 Å². The molecule has 0 aliphatic heterocycles. The highest BCUT2D eigenvalue weighted by atomic mass is 16.4. The first-order valence-electron chi connectivity index (χ1n) is 5.64. The number of carbonyl (C=O) groups is 1. The molecule has 0 bridgehead atoms. The van der Waals surface area contributed by atoms with Gasteiger partial charge in [0, 0.05) is 11.7 Å². The predicted octanol–water partition coefficient (Wildman–Crippen LogP) is 3.23. The summed E-state index contributed by atoms with van der Waals surface area (Å²) in [4.78, 5) is 10.8. The van der Waals surface area contributed by atoms with Crippen LogP contribution in [0.1, 0.15) is 37.6 Å². The lowest BCUT2D eigenvalue weighted by molar-refractivity contribution is 0.0697. The van der Waals surface area contributed by atoms with Crippen LogP contribution in [0.3, 0.4) is 0 Å². The molecule has 0 saturated heterocycles. The van der Waals surface area contributed by atoms with E-state index in [-0.39, 0.29) is 0 Å². The maximum absolute atomic E-state index is 10.8. The molecule has 0 aliphatic rings. The molecular formula is C13H19NO2. The van der Waals surface area contributed by atoms with Gasteiger partial charge in [-0.05, 0) is 30.5 Å². The van der Waals surface area contributed by atoms with Gasteiger partial charge in [-0.25, -0.2) is 4.79 Å². The minimum absolute atomic E-state index is 0.323. The van der Waals surface area contributed by atoms with E-state index >= 15 is 0 Å². The van der Waals surface area contributed by atoms with Crippen molar-refractivity contribution in [2.24, 2.45) is 5.92 Å². The van der Waals surface area contributed by atoms with E-state index in [1.807, 2.05) is 6.07 Å². The Kier molecular flexibility index (Phi) is 4.35. The van der Waals surface area contributed by atoms with Gasteiger partial charge in [0.25, 0.3) is 0 Å². The van der Waals surface area contributed by atoms with Crippen molar-refractivity contribution in [2.75, 3.05) is 5.32 Å². The topological polar surface area (TPSA) is 49.3 Å². The summed E-state index contributed by atoms with van der Waals surface area (Å²) >= 11 is 0. The number of carboxylic acid groups (broad SMARTS) is 1. The van der Waals surface area contributed by atoms with Gasteiger partial charge in [0.05, 0.1) is 5.56 Å². The summed E-state index contributed by atoms with van der Waals surface area (Å²) in [6, 6.07) is 7.32. The Bertz CT molecular complexity index is 361. The fourth-order valence-corrected chi connectivity index (χ4v) is 1.70. The minimum atomic E-state index is -0.888. The molecule has 0 heterocycles. The highest BCUT2D eigenvalue weighted by Crippen LogP contribution is 2.16. The molecule has 3 nitrogen and oxygen atoms in total. The highest BCUT2D eigenvalue weighted by Gasteiger charge is 2.11. The molecule has 1 aromatic carbocycles. The number of rotatable bonds is 5. The molecule has 0 saturated carbocycles. The van der Waals surface area contributed by atoms with Crippen LogP contribution in [-0.4, -0.2) is 17.1 Å². The summed E-state index contributed by atoms with van der Waals surface area (Å²) in [5.74, 6) is -0.361. The van der Waals surface area contributed by atoms with Crippen molar-refractivity contribution in [1.29, 1.82) is 0 Å². The number of anilines is 1. The average molecular weight is 221 g/mol. The zero-order valence-electron chi connectivity index (χ0n) is 10.0. The van der Waals surface area contributed by atoms with Crippen LogP contribution < -0.4 is 5.32 Å². The average Bonchev–Trinajstić information content (AvgIpc) is 2.25. The molecule has 16 heavy (non-hydrogen) atoms. The molecule has 1 rings (SSSR count). The maximum Gasteiger partial charge on any atom is 0.335 e. The molecule has 0 aliphatic carbocycles. The molecule has 0 spiro atoms. The molecule has 1 aromatic rings. The zero-order chi connectivity index (χ0) is 12.1. The van der Waals surface area contributed by atoms with Crippen molar-refractivity contribution in [3.05, 3.63) is 29.8 Å². The molecule has 1 unspecified atom stereocenters. The van der Waals surface area contributed by atoms with Crippen molar-refractivity contribution < 1.29 is 9.90 Å². The molecule has 2 N–H and O–H groups in total. The van der Waals surface area contributed by atoms with Crippen molar-refractivity contribution in [3.8, 4) is 0 Å². The van der Waals surface area contributed by atoms with Gasteiger partial charge in [-0.2, -0.15) is 0 Å². The first-order chi connectivity index (χ1) is 7.54. The molecule has 88 valence electrons. The van der Waals surface area contributed by atoms with Gasteiger partial charge >= 0.3 is 5.97 Å².